The lowest BCUT2D eigenvalue weighted by molar-refractivity contribution is 0.464. The van der Waals surface area contributed by atoms with Crippen molar-refractivity contribution in [3.63, 3.8) is 0 Å². The van der Waals surface area contributed by atoms with Crippen LogP contribution in [0.4, 0.5) is 0 Å². The van der Waals surface area contributed by atoms with Gasteiger partial charge in [0.1, 0.15) is 5.69 Å². The lowest BCUT2D eigenvalue weighted by Gasteiger charge is -1.99. The van der Waals surface area contributed by atoms with Crippen LogP contribution in [0.2, 0.25) is 0 Å². The highest BCUT2D eigenvalue weighted by Crippen LogP contribution is 2.24. The molecule has 0 saturated heterocycles. The van der Waals surface area contributed by atoms with Crippen LogP contribution in [0.5, 0.6) is 0 Å². The molecule has 3 aromatic rings. The first-order valence-corrected chi connectivity index (χ1v) is 7.23. The molecular formula is C15H13N3OS. The number of nitrogens with zero attached hydrogens (tertiary/aromatic N) is 3. The molecule has 1 aromatic carbocycles. The molecule has 20 heavy (non-hydrogen) atoms. The summed E-state index contributed by atoms with van der Waals surface area (Å²) in [4.78, 5) is 4.19. The highest BCUT2D eigenvalue weighted by Gasteiger charge is 2.09. The zero-order chi connectivity index (χ0) is 13.8. The fraction of sp³-hybridized carbons (Fsp3) is 0.133. The van der Waals surface area contributed by atoms with Crippen LogP contribution in [-0.2, 0) is 5.75 Å². The maximum atomic E-state index is 5.60. The van der Waals surface area contributed by atoms with E-state index in [-0.39, 0.29) is 0 Å². The van der Waals surface area contributed by atoms with E-state index in [2.05, 4.69) is 46.4 Å². The van der Waals surface area contributed by atoms with E-state index in [9.17, 15) is 0 Å². The van der Waals surface area contributed by atoms with E-state index in [1.54, 1.807) is 6.20 Å². The molecule has 0 saturated carbocycles. The second kappa shape index (κ2) is 5.88. The van der Waals surface area contributed by atoms with Gasteiger partial charge < -0.3 is 4.42 Å². The summed E-state index contributed by atoms with van der Waals surface area (Å²) in [5.41, 5.74) is 3.19. The molecule has 100 valence electrons. The summed E-state index contributed by atoms with van der Waals surface area (Å²) in [5.74, 6) is 1.27. The van der Waals surface area contributed by atoms with Crippen molar-refractivity contribution in [3.05, 3.63) is 59.8 Å². The van der Waals surface area contributed by atoms with Crippen LogP contribution >= 0.6 is 11.8 Å². The molecule has 4 nitrogen and oxygen atoms in total. The number of thioether (sulfide) groups is 1. The molecule has 0 bridgehead atoms. The summed E-state index contributed by atoms with van der Waals surface area (Å²) in [7, 11) is 0. The third kappa shape index (κ3) is 3.05. The number of benzene rings is 1. The predicted octanol–water partition coefficient (Wildman–Crippen LogP) is 3.73. The Hall–Kier alpha value is -2.14. The lowest BCUT2D eigenvalue weighted by Crippen LogP contribution is -1.81. The predicted molar refractivity (Wildman–Crippen MR) is 78.3 cm³/mol. The molecule has 0 unspecified atom stereocenters. The lowest BCUT2D eigenvalue weighted by atomic mass is 10.2. The van der Waals surface area contributed by atoms with Crippen molar-refractivity contribution in [1.29, 1.82) is 0 Å². The fourth-order valence-electron chi connectivity index (χ4n) is 1.81. The minimum atomic E-state index is 0.456. The summed E-state index contributed by atoms with van der Waals surface area (Å²) in [6.45, 7) is 2.08. The van der Waals surface area contributed by atoms with Crippen LogP contribution in [0, 0.1) is 6.92 Å². The molecule has 0 spiro atoms. The summed E-state index contributed by atoms with van der Waals surface area (Å²) in [6, 6.07) is 14.0. The van der Waals surface area contributed by atoms with Gasteiger partial charge in [-0.1, -0.05) is 47.7 Å². The average Bonchev–Trinajstić information content (AvgIpc) is 2.95. The van der Waals surface area contributed by atoms with Gasteiger partial charge in [0, 0.05) is 11.9 Å². The maximum Gasteiger partial charge on any atom is 0.277 e. The van der Waals surface area contributed by atoms with Gasteiger partial charge >= 0.3 is 0 Å². The van der Waals surface area contributed by atoms with Crippen LogP contribution in [0.15, 0.2) is 58.3 Å². The molecule has 0 aliphatic rings. The smallest absolute Gasteiger partial charge is 0.277 e. The molecular weight excluding hydrogens is 270 g/mol. The molecule has 3 rings (SSSR count). The molecule has 5 heteroatoms. The standard InChI is InChI=1S/C15H13N3OS/c1-11-5-4-6-12(9-11)10-20-15-18-17-14(19-15)13-7-2-3-8-16-13/h2-9H,10H2,1H3. The minimum absolute atomic E-state index is 0.456. The Morgan fingerprint density at radius 1 is 1.10 bits per heavy atom. The van der Waals surface area contributed by atoms with E-state index in [0.717, 1.165) is 5.75 Å². The van der Waals surface area contributed by atoms with Gasteiger partial charge in [-0.25, -0.2) is 0 Å². The Labute approximate surface area is 121 Å². The third-order valence-electron chi connectivity index (χ3n) is 2.74. The van der Waals surface area contributed by atoms with Crippen molar-refractivity contribution in [2.75, 3.05) is 0 Å². The van der Waals surface area contributed by atoms with Crippen molar-refractivity contribution in [2.45, 2.75) is 17.9 Å². The summed E-state index contributed by atoms with van der Waals surface area (Å²) < 4.78 is 5.60. The van der Waals surface area contributed by atoms with Crippen LogP contribution < -0.4 is 0 Å². The van der Waals surface area contributed by atoms with Crippen LogP contribution in [0.1, 0.15) is 11.1 Å². The molecule has 0 atom stereocenters. The van der Waals surface area contributed by atoms with Gasteiger partial charge in [0.25, 0.3) is 11.1 Å². The Bertz CT molecular complexity index is 697. The van der Waals surface area contributed by atoms with Gasteiger partial charge in [-0.3, -0.25) is 4.98 Å². The summed E-state index contributed by atoms with van der Waals surface area (Å²) in [5, 5.41) is 8.61. The van der Waals surface area contributed by atoms with E-state index in [1.165, 1.54) is 22.9 Å². The van der Waals surface area contributed by atoms with Gasteiger partial charge in [0.05, 0.1) is 0 Å². The van der Waals surface area contributed by atoms with Crippen molar-refractivity contribution < 1.29 is 4.42 Å². The quantitative estimate of drug-likeness (QED) is 0.683. The molecule has 0 aliphatic carbocycles. The number of rotatable bonds is 4. The fourth-order valence-corrected chi connectivity index (χ4v) is 2.51. The SMILES string of the molecule is Cc1cccc(CSc2nnc(-c3ccccn3)o2)c1. The number of aryl methyl sites for hydroxylation is 1. The minimum Gasteiger partial charge on any atom is -0.410 e. The van der Waals surface area contributed by atoms with Gasteiger partial charge in [0.15, 0.2) is 0 Å². The number of pyridine rings is 1. The second-order valence-corrected chi connectivity index (χ2v) is 5.29. The Morgan fingerprint density at radius 2 is 2.05 bits per heavy atom. The van der Waals surface area contributed by atoms with Crippen LogP contribution in [-0.4, -0.2) is 15.2 Å². The van der Waals surface area contributed by atoms with Gasteiger partial charge in [-0.2, -0.15) is 0 Å². The zero-order valence-corrected chi connectivity index (χ0v) is 11.8. The van der Waals surface area contributed by atoms with Crippen molar-refractivity contribution in [1.82, 2.24) is 15.2 Å². The number of hydrogen-bond acceptors (Lipinski definition) is 5. The first-order chi connectivity index (χ1) is 9.81. The van der Waals surface area contributed by atoms with Crippen LogP contribution in [0.3, 0.4) is 0 Å². The molecule has 2 heterocycles. The van der Waals surface area contributed by atoms with Gasteiger partial charge in [-0.05, 0) is 24.6 Å². The van der Waals surface area contributed by atoms with E-state index in [1.807, 2.05) is 18.2 Å². The molecule has 0 N–H and O–H groups in total. The Morgan fingerprint density at radius 3 is 2.85 bits per heavy atom. The van der Waals surface area contributed by atoms with Crippen molar-refractivity contribution >= 4 is 11.8 Å². The van der Waals surface area contributed by atoms with Crippen molar-refractivity contribution in [3.8, 4) is 11.6 Å². The van der Waals surface area contributed by atoms with Gasteiger partial charge in [-0.15, -0.1) is 10.2 Å². The maximum absolute atomic E-state index is 5.60. The monoisotopic (exact) mass is 283 g/mol. The van der Waals surface area contributed by atoms with E-state index in [0.29, 0.717) is 16.8 Å². The molecule has 2 aromatic heterocycles. The van der Waals surface area contributed by atoms with E-state index >= 15 is 0 Å². The largest absolute Gasteiger partial charge is 0.410 e. The van der Waals surface area contributed by atoms with Crippen LogP contribution in [0.25, 0.3) is 11.6 Å². The molecule has 0 amide bonds. The average molecular weight is 283 g/mol. The number of hydrogen-bond donors (Lipinski definition) is 0. The Balaban J connectivity index is 1.69. The zero-order valence-electron chi connectivity index (χ0n) is 11.0. The molecule has 0 radical (unpaired) electrons. The van der Waals surface area contributed by atoms with Gasteiger partial charge in [0.2, 0.25) is 0 Å². The molecule has 0 fully saturated rings. The highest BCUT2D eigenvalue weighted by molar-refractivity contribution is 7.98. The second-order valence-electron chi connectivity index (χ2n) is 4.37. The van der Waals surface area contributed by atoms with E-state index < -0.39 is 0 Å². The first kappa shape index (κ1) is 12.9. The highest BCUT2D eigenvalue weighted by atomic mass is 32.2. The number of aromatic nitrogens is 3. The third-order valence-corrected chi connectivity index (χ3v) is 3.62. The summed E-state index contributed by atoms with van der Waals surface area (Å²) >= 11 is 1.53. The van der Waals surface area contributed by atoms with E-state index in [4.69, 9.17) is 4.42 Å². The topological polar surface area (TPSA) is 51.8 Å². The molecule has 0 aliphatic heterocycles. The van der Waals surface area contributed by atoms with Crippen molar-refractivity contribution in [2.24, 2.45) is 0 Å². The summed E-state index contributed by atoms with van der Waals surface area (Å²) in [6.07, 6.45) is 1.71. The Kier molecular flexibility index (Phi) is 3.78. The normalized spacial score (nSPS) is 10.7. The first-order valence-electron chi connectivity index (χ1n) is 6.24.